The van der Waals surface area contributed by atoms with Gasteiger partial charge in [0.1, 0.15) is 5.75 Å². The first-order valence-electron chi connectivity index (χ1n) is 7.86. The molecule has 1 fully saturated rings. The number of likely N-dealkylation sites (tertiary alicyclic amines) is 1. The standard InChI is InChI=1S/C17H19F3N2OS/c1-11-6-13(8-14(7-11)23-17(18,19)20)16-15(24-10-21-16)9-22-5-3-4-12(22)2/h6-8,10,12H,3-5,9H2,1-2H3/t12-/m1/s1. The summed E-state index contributed by atoms with van der Waals surface area (Å²) in [7, 11) is 0. The van der Waals surface area contributed by atoms with Crippen molar-refractivity contribution in [2.75, 3.05) is 6.54 Å². The molecule has 1 atom stereocenters. The fourth-order valence-corrected chi connectivity index (χ4v) is 3.92. The van der Waals surface area contributed by atoms with Crippen LogP contribution in [0.15, 0.2) is 23.7 Å². The van der Waals surface area contributed by atoms with E-state index in [1.165, 1.54) is 25.0 Å². The molecule has 1 aliphatic heterocycles. The molecule has 2 aromatic rings. The molecule has 24 heavy (non-hydrogen) atoms. The van der Waals surface area contributed by atoms with E-state index in [1.54, 1.807) is 23.8 Å². The normalized spacial score (nSPS) is 19.0. The summed E-state index contributed by atoms with van der Waals surface area (Å²) in [5.74, 6) is -0.203. The summed E-state index contributed by atoms with van der Waals surface area (Å²) in [5, 5.41) is 0. The molecule has 0 unspecified atom stereocenters. The lowest BCUT2D eigenvalue weighted by Crippen LogP contribution is -2.25. The molecule has 7 heteroatoms. The molecule has 0 radical (unpaired) electrons. The molecule has 130 valence electrons. The number of thiazole rings is 1. The number of nitrogens with zero attached hydrogens (tertiary/aromatic N) is 2. The van der Waals surface area contributed by atoms with Gasteiger partial charge in [0.2, 0.25) is 0 Å². The first-order valence-corrected chi connectivity index (χ1v) is 8.74. The predicted molar refractivity (Wildman–Crippen MR) is 88.1 cm³/mol. The van der Waals surface area contributed by atoms with Crippen LogP contribution in [0.5, 0.6) is 5.75 Å². The van der Waals surface area contributed by atoms with Gasteiger partial charge in [-0.1, -0.05) is 0 Å². The van der Waals surface area contributed by atoms with Gasteiger partial charge in [-0.25, -0.2) is 4.98 Å². The second-order valence-corrected chi connectivity index (χ2v) is 7.11. The molecule has 0 bridgehead atoms. The first kappa shape index (κ1) is 17.2. The number of hydrogen-bond donors (Lipinski definition) is 0. The molecule has 1 saturated heterocycles. The summed E-state index contributed by atoms with van der Waals surface area (Å²) < 4.78 is 41.6. The van der Waals surface area contributed by atoms with Crippen molar-refractivity contribution in [3.8, 4) is 17.0 Å². The molecular formula is C17H19F3N2OS. The largest absolute Gasteiger partial charge is 0.573 e. The van der Waals surface area contributed by atoms with Crippen LogP contribution in [0.3, 0.4) is 0 Å². The Morgan fingerprint density at radius 3 is 2.79 bits per heavy atom. The molecule has 1 aromatic heterocycles. The van der Waals surface area contributed by atoms with E-state index in [1.807, 2.05) is 6.07 Å². The van der Waals surface area contributed by atoms with Gasteiger partial charge in [-0.15, -0.1) is 24.5 Å². The summed E-state index contributed by atoms with van der Waals surface area (Å²) in [6.07, 6.45) is -2.33. The van der Waals surface area contributed by atoms with Crippen molar-refractivity contribution in [1.82, 2.24) is 9.88 Å². The van der Waals surface area contributed by atoms with E-state index in [0.29, 0.717) is 17.2 Å². The Bertz CT molecular complexity index is 714. The molecule has 0 N–H and O–H groups in total. The zero-order valence-corrected chi connectivity index (χ0v) is 14.4. The molecule has 0 saturated carbocycles. The number of hydrogen-bond acceptors (Lipinski definition) is 4. The van der Waals surface area contributed by atoms with Crippen molar-refractivity contribution in [3.05, 3.63) is 34.2 Å². The van der Waals surface area contributed by atoms with E-state index < -0.39 is 6.36 Å². The van der Waals surface area contributed by atoms with Gasteiger partial charge in [0, 0.05) is 23.0 Å². The Balaban J connectivity index is 1.88. The average Bonchev–Trinajstić information content (AvgIpc) is 3.06. The number of aromatic nitrogens is 1. The molecule has 1 aromatic carbocycles. The maximum absolute atomic E-state index is 12.5. The minimum atomic E-state index is -4.69. The van der Waals surface area contributed by atoms with Crippen molar-refractivity contribution < 1.29 is 17.9 Å². The quantitative estimate of drug-likeness (QED) is 0.771. The van der Waals surface area contributed by atoms with Crippen LogP contribution < -0.4 is 4.74 Å². The van der Waals surface area contributed by atoms with Crippen LogP contribution in [0.4, 0.5) is 13.2 Å². The summed E-state index contributed by atoms with van der Waals surface area (Å²) in [6.45, 7) is 5.79. The van der Waals surface area contributed by atoms with Crippen molar-refractivity contribution >= 4 is 11.3 Å². The molecule has 3 rings (SSSR count). The Morgan fingerprint density at radius 2 is 2.12 bits per heavy atom. The highest BCUT2D eigenvalue weighted by molar-refractivity contribution is 7.10. The lowest BCUT2D eigenvalue weighted by Gasteiger charge is -2.20. The molecule has 2 heterocycles. The van der Waals surface area contributed by atoms with E-state index in [-0.39, 0.29) is 5.75 Å². The van der Waals surface area contributed by atoms with Crippen LogP contribution in [-0.4, -0.2) is 28.8 Å². The fraction of sp³-hybridized carbons (Fsp3) is 0.471. The minimum absolute atomic E-state index is 0.203. The summed E-state index contributed by atoms with van der Waals surface area (Å²) in [6, 6.07) is 5.16. The van der Waals surface area contributed by atoms with Crippen LogP contribution in [0.2, 0.25) is 0 Å². The van der Waals surface area contributed by atoms with Gasteiger partial charge in [-0.05, 0) is 57.0 Å². The van der Waals surface area contributed by atoms with E-state index in [4.69, 9.17) is 0 Å². The molecule has 0 amide bonds. The topological polar surface area (TPSA) is 25.4 Å². The highest BCUT2D eigenvalue weighted by Crippen LogP contribution is 2.33. The lowest BCUT2D eigenvalue weighted by atomic mass is 10.1. The van der Waals surface area contributed by atoms with E-state index in [9.17, 15) is 13.2 Å². The number of rotatable bonds is 4. The maximum Gasteiger partial charge on any atom is 0.573 e. The highest BCUT2D eigenvalue weighted by atomic mass is 32.1. The van der Waals surface area contributed by atoms with Crippen molar-refractivity contribution in [2.45, 2.75) is 45.6 Å². The van der Waals surface area contributed by atoms with Gasteiger partial charge in [0.05, 0.1) is 11.2 Å². The summed E-state index contributed by atoms with van der Waals surface area (Å²) in [5.41, 5.74) is 3.87. The first-order chi connectivity index (χ1) is 11.3. The molecular weight excluding hydrogens is 337 g/mol. The Labute approximate surface area is 143 Å². The van der Waals surface area contributed by atoms with E-state index in [2.05, 4.69) is 21.5 Å². The Kier molecular flexibility index (Phi) is 4.83. The third kappa shape index (κ3) is 4.08. The molecule has 1 aliphatic rings. The summed E-state index contributed by atoms with van der Waals surface area (Å²) in [4.78, 5) is 7.85. The Morgan fingerprint density at radius 1 is 1.33 bits per heavy atom. The van der Waals surface area contributed by atoms with Crippen LogP contribution >= 0.6 is 11.3 Å². The molecule has 0 aliphatic carbocycles. The summed E-state index contributed by atoms with van der Waals surface area (Å²) >= 11 is 1.54. The second kappa shape index (κ2) is 6.72. The number of halogens is 3. The van der Waals surface area contributed by atoms with Crippen LogP contribution in [-0.2, 0) is 6.54 Å². The van der Waals surface area contributed by atoms with E-state index >= 15 is 0 Å². The van der Waals surface area contributed by atoms with Gasteiger partial charge in [-0.2, -0.15) is 0 Å². The molecule has 3 nitrogen and oxygen atoms in total. The number of aryl methyl sites for hydroxylation is 1. The van der Waals surface area contributed by atoms with Crippen LogP contribution in [0.1, 0.15) is 30.2 Å². The van der Waals surface area contributed by atoms with Crippen molar-refractivity contribution in [1.29, 1.82) is 0 Å². The van der Waals surface area contributed by atoms with Crippen molar-refractivity contribution in [3.63, 3.8) is 0 Å². The van der Waals surface area contributed by atoms with Gasteiger partial charge in [-0.3, -0.25) is 4.90 Å². The SMILES string of the molecule is Cc1cc(OC(F)(F)F)cc(-c2ncsc2CN2CCC[C@H]2C)c1. The molecule has 0 spiro atoms. The van der Waals surface area contributed by atoms with Gasteiger partial charge in [0.25, 0.3) is 0 Å². The predicted octanol–water partition coefficient (Wildman–Crippen LogP) is 5.00. The Hall–Kier alpha value is -1.60. The highest BCUT2D eigenvalue weighted by Gasteiger charge is 2.31. The third-order valence-corrected chi connectivity index (χ3v) is 5.05. The van der Waals surface area contributed by atoms with Gasteiger partial charge < -0.3 is 4.74 Å². The van der Waals surface area contributed by atoms with E-state index in [0.717, 1.165) is 23.7 Å². The second-order valence-electron chi connectivity index (χ2n) is 6.17. The fourth-order valence-electron chi connectivity index (χ4n) is 3.11. The average molecular weight is 356 g/mol. The number of benzene rings is 1. The zero-order chi connectivity index (χ0) is 17.3. The minimum Gasteiger partial charge on any atom is -0.406 e. The zero-order valence-electron chi connectivity index (χ0n) is 13.6. The van der Waals surface area contributed by atoms with Crippen molar-refractivity contribution in [2.24, 2.45) is 0 Å². The maximum atomic E-state index is 12.5. The smallest absolute Gasteiger partial charge is 0.406 e. The van der Waals surface area contributed by atoms with Crippen LogP contribution in [0, 0.1) is 6.92 Å². The number of alkyl halides is 3. The third-order valence-electron chi connectivity index (χ3n) is 4.24. The van der Waals surface area contributed by atoms with Gasteiger partial charge in [0.15, 0.2) is 0 Å². The van der Waals surface area contributed by atoms with Crippen LogP contribution in [0.25, 0.3) is 11.3 Å². The number of ether oxygens (including phenoxy) is 1. The lowest BCUT2D eigenvalue weighted by molar-refractivity contribution is -0.274. The monoisotopic (exact) mass is 356 g/mol. The van der Waals surface area contributed by atoms with Gasteiger partial charge >= 0.3 is 6.36 Å².